The lowest BCUT2D eigenvalue weighted by Crippen LogP contribution is -2.26. The summed E-state index contributed by atoms with van der Waals surface area (Å²) in [5.74, 6) is 1.26. The molecule has 178 valence electrons. The summed E-state index contributed by atoms with van der Waals surface area (Å²) in [5.41, 5.74) is 2.79. The number of carbonyl (C=O) groups is 1. The zero-order chi connectivity index (χ0) is 23.9. The molecule has 2 heterocycles. The molecule has 0 saturated heterocycles. The molecule has 1 N–H and O–H groups in total. The number of aromatic nitrogens is 1. The first-order valence-electron chi connectivity index (χ1n) is 11.5. The molecular weight excluding hydrogens is 450 g/mol. The summed E-state index contributed by atoms with van der Waals surface area (Å²) in [5, 5.41) is 12.6. The number of ether oxygens (including phenoxy) is 2. The molecule has 0 spiro atoms. The Hall–Kier alpha value is -3.16. The topological polar surface area (TPSA) is 81.8 Å². The van der Waals surface area contributed by atoms with E-state index in [1.807, 2.05) is 60.8 Å². The molecule has 2 aromatic carbocycles. The van der Waals surface area contributed by atoms with Gasteiger partial charge in [0, 0.05) is 35.1 Å². The predicted molar refractivity (Wildman–Crippen MR) is 134 cm³/mol. The Balaban J connectivity index is 1.42. The van der Waals surface area contributed by atoms with Crippen molar-refractivity contribution in [1.82, 2.24) is 4.98 Å². The van der Waals surface area contributed by atoms with Crippen molar-refractivity contribution in [2.45, 2.75) is 45.6 Å². The number of carboxylic acid groups (broad SMARTS) is 1. The van der Waals surface area contributed by atoms with E-state index in [4.69, 9.17) is 13.9 Å². The molecule has 0 radical (unpaired) electrons. The van der Waals surface area contributed by atoms with Crippen LogP contribution in [0.15, 0.2) is 58.3 Å². The largest absolute Gasteiger partial charge is 0.493 e. The third kappa shape index (κ3) is 5.66. The van der Waals surface area contributed by atoms with E-state index in [2.05, 4.69) is 11.9 Å². The molecule has 0 bridgehead atoms. The molecule has 0 aliphatic carbocycles. The van der Waals surface area contributed by atoms with Crippen LogP contribution in [0.4, 0.5) is 0 Å². The van der Waals surface area contributed by atoms with Gasteiger partial charge in [0.25, 0.3) is 0 Å². The van der Waals surface area contributed by atoms with E-state index < -0.39 is 12.1 Å². The number of oxazole rings is 1. The maximum Gasteiger partial charge on any atom is 0.333 e. The van der Waals surface area contributed by atoms with Crippen LogP contribution in [0.25, 0.3) is 21.5 Å². The zero-order valence-electron chi connectivity index (χ0n) is 19.5. The molecule has 0 fully saturated rings. The number of hydrogen-bond donors (Lipinski definition) is 1. The van der Waals surface area contributed by atoms with Crippen LogP contribution >= 0.6 is 11.3 Å². The molecule has 0 aliphatic rings. The predicted octanol–water partition coefficient (Wildman–Crippen LogP) is 6.30. The first kappa shape index (κ1) is 24.0. The highest BCUT2D eigenvalue weighted by molar-refractivity contribution is 7.17. The number of rotatable bonds is 12. The number of nitrogens with zero attached hydrogens (tertiary/aromatic N) is 1. The Kier molecular flexibility index (Phi) is 7.98. The van der Waals surface area contributed by atoms with Gasteiger partial charge in [-0.05, 0) is 48.6 Å². The van der Waals surface area contributed by atoms with Crippen LogP contribution in [0.3, 0.4) is 0 Å². The van der Waals surface area contributed by atoms with Crippen LogP contribution < -0.4 is 4.74 Å². The zero-order valence-corrected chi connectivity index (χ0v) is 20.3. The molecule has 2 aromatic heterocycles. The highest BCUT2D eigenvalue weighted by Gasteiger charge is 2.21. The van der Waals surface area contributed by atoms with Gasteiger partial charge in [-0.2, -0.15) is 0 Å². The smallest absolute Gasteiger partial charge is 0.333 e. The Morgan fingerprint density at radius 2 is 1.97 bits per heavy atom. The molecule has 1 atom stereocenters. The molecule has 6 nitrogen and oxygen atoms in total. The normalized spacial score (nSPS) is 12.2. The summed E-state index contributed by atoms with van der Waals surface area (Å²) >= 11 is 1.59. The Morgan fingerprint density at radius 3 is 2.74 bits per heavy atom. The molecule has 1 unspecified atom stereocenters. The number of fused-ring (bicyclic) bond motifs is 1. The third-order valence-corrected chi connectivity index (χ3v) is 6.66. The van der Waals surface area contributed by atoms with Crippen LogP contribution in [0.2, 0.25) is 0 Å². The maximum atomic E-state index is 11.7. The van der Waals surface area contributed by atoms with Crippen LogP contribution in [0.5, 0.6) is 5.75 Å². The summed E-state index contributed by atoms with van der Waals surface area (Å²) < 4.78 is 18.6. The fourth-order valence-corrected chi connectivity index (χ4v) is 4.73. The molecule has 0 amide bonds. The minimum absolute atomic E-state index is 0.330. The van der Waals surface area contributed by atoms with E-state index in [0.717, 1.165) is 51.3 Å². The lowest BCUT2D eigenvalue weighted by molar-refractivity contribution is -0.150. The molecule has 4 aromatic rings. The molecule has 34 heavy (non-hydrogen) atoms. The van der Waals surface area contributed by atoms with Crippen molar-refractivity contribution in [3.05, 3.63) is 70.9 Å². The number of hydrogen-bond acceptors (Lipinski definition) is 6. The van der Waals surface area contributed by atoms with E-state index in [9.17, 15) is 9.90 Å². The molecular formula is C27H29NO5S. The molecule has 4 rings (SSSR count). The summed E-state index contributed by atoms with van der Waals surface area (Å²) in [6.07, 6.45) is 1.92. The number of aliphatic carboxylic acids is 1. The maximum absolute atomic E-state index is 11.7. The van der Waals surface area contributed by atoms with Gasteiger partial charge >= 0.3 is 5.97 Å². The van der Waals surface area contributed by atoms with E-state index >= 15 is 0 Å². The molecule has 0 aliphatic heterocycles. The van der Waals surface area contributed by atoms with Crippen molar-refractivity contribution in [3.8, 4) is 17.2 Å². The minimum atomic E-state index is -0.931. The second-order valence-corrected chi connectivity index (χ2v) is 9.04. The number of benzene rings is 2. The van der Waals surface area contributed by atoms with Crippen LogP contribution in [0.1, 0.15) is 36.8 Å². The Bertz CT molecular complexity index is 1230. The van der Waals surface area contributed by atoms with Gasteiger partial charge in [-0.1, -0.05) is 37.6 Å². The van der Waals surface area contributed by atoms with Crippen molar-refractivity contribution >= 4 is 27.4 Å². The lowest BCUT2D eigenvalue weighted by atomic mass is 10.1. The van der Waals surface area contributed by atoms with Crippen molar-refractivity contribution in [3.63, 3.8) is 0 Å². The average molecular weight is 480 g/mol. The monoisotopic (exact) mass is 479 g/mol. The molecule has 7 heteroatoms. The fourth-order valence-electron chi connectivity index (χ4n) is 3.79. The third-order valence-electron chi connectivity index (χ3n) is 5.67. The summed E-state index contributed by atoms with van der Waals surface area (Å²) in [6, 6.07) is 15.7. The summed E-state index contributed by atoms with van der Waals surface area (Å²) in [6.45, 7) is 4.89. The van der Waals surface area contributed by atoms with E-state index in [0.29, 0.717) is 31.9 Å². The van der Waals surface area contributed by atoms with Crippen molar-refractivity contribution < 1.29 is 23.8 Å². The highest BCUT2D eigenvalue weighted by atomic mass is 32.1. The van der Waals surface area contributed by atoms with Crippen molar-refractivity contribution in [2.75, 3.05) is 13.2 Å². The van der Waals surface area contributed by atoms with E-state index in [-0.39, 0.29) is 0 Å². The summed E-state index contributed by atoms with van der Waals surface area (Å²) in [4.78, 5) is 16.3. The van der Waals surface area contributed by atoms with E-state index in [1.165, 1.54) is 0 Å². The highest BCUT2D eigenvalue weighted by Crippen LogP contribution is 2.34. The van der Waals surface area contributed by atoms with Gasteiger partial charge in [0.05, 0.1) is 12.3 Å². The van der Waals surface area contributed by atoms with Gasteiger partial charge in [0.15, 0.2) is 6.10 Å². The number of carboxylic acids is 1. The van der Waals surface area contributed by atoms with Gasteiger partial charge in [-0.15, -0.1) is 11.3 Å². The summed E-state index contributed by atoms with van der Waals surface area (Å²) in [7, 11) is 0. The fraction of sp³-hybridized carbons (Fsp3) is 0.333. The quantitative estimate of drug-likeness (QED) is 0.240. The van der Waals surface area contributed by atoms with Gasteiger partial charge < -0.3 is 19.0 Å². The number of aryl methyl sites for hydroxylation is 1. The minimum Gasteiger partial charge on any atom is -0.493 e. The van der Waals surface area contributed by atoms with Crippen molar-refractivity contribution in [2.24, 2.45) is 0 Å². The van der Waals surface area contributed by atoms with Crippen LogP contribution in [0, 0.1) is 6.92 Å². The van der Waals surface area contributed by atoms with Gasteiger partial charge in [-0.3, -0.25) is 0 Å². The van der Waals surface area contributed by atoms with Crippen molar-refractivity contribution in [1.29, 1.82) is 0 Å². The van der Waals surface area contributed by atoms with E-state index in [1.54, 1.807) is 11.3 Å². The van der Waals surface area contributed by atoms with Gasteiger partial charge in [0.1, 0.15) is 11.5 Å². The second kappa shape index (κ2) is 11.3. The lowest BCUT2D eigenvalue weighted by Gasteiger charge is -2.15. The van der Waals surface area contributed by atoms with Crippen LogP contribution in [-0.2, 0) is 22.4 Å². The number of unbranched alkanes of at least 4 members (excludes halogenated alkanes) is 1. The number of thiophene rings is 1. The first-order chi connectivity index (χ1) is 16.6. The average Bonchev–Trinajstić information content (AvgIpc) is 3.48. The van der Waals surface area contributed by atoms with Crippen LogP contribution in [-0.4, -0.2) is 35.4 Å². The Labute approximate surface area is 203 Å². The molecule has 0 saturated carbocycles. The first-order valence-corrected chi connectivity index (χ1v) is 12.4. The standard InChI is InChI=1S/C27H29NO5S/c1-3-4-14-31-24(27(29)30)17-20-10-11-23(21-13-16-34-25(20)21)32-15-12-22-18(2)33-26(28-22)19-8-6-5-7-9-19/h5-11,13,16,24H,3-4,12,14-15,17H2,1-2H3,(H,29,30). The second-order valence-electron chi connectivity index (χ2n) is 8.13. The van der Waals surface area contributed by atoms with Gasteiger partial charge in [0.2, 0.25) is 5.89 Å². The SMILES string of the molecule is CCCCOC(Cc1ccc(OCCc2nc(-c3ccccc3)oc2C)c2ccsc12)C(=O)O. The Morgan fingerprint density at radius 1 is 1.15 bits per heavy atom. The van der Waals surface area contributed by atoms with Gasteiger partial charge in [-0.25, -0.2) is 9.78 Å².